The minimum absolute atomic E-state index is 0.102. The van der Waals surface area contributed by atoms with Gasteiger partial charge in [0, 0.05) is 15.6 Å². The Morgan fingerprint density at radius 3 is 2.44 bits per heavy atom. The van der Waals surface area contributed by atoms with Crippen LogP contribution in [0, 0.1) is 12.3 Å². The molecule has 1 aromatic carbocycles. The second kappa shape index (κ2) is 5.80. The Hall–Kier alpha value is -0.940. The van der Waals surface area contributed by atoms with Crippen LogP contribution >= 0.6 is 28.1 Å². The van der Waals surface area contributed by atoms with Crippen molar-refractivity contribution in [2.75, 3.05) is 5.32 Å². The average Bonchev–Trinajstić information content (AvgIpc) is 2.20. The number of hydrogen-bond acceptors (Lipinski definition) is 2. The normalized spacial score (nSPS) is 10.9. The van der Waals surface area contributed by atoms with Crippen molar-refractivity contribution < 1.29 is 4.79 Å². The molecule has 0 fully saturated rings. The van der Waals surface area contributed by atoms with E-state index in [2.05, 4.69) is 26.6 Å². The van der Waals surface area contributed by atoms with Crippen molar-refractivity contribution in [2.24, 2.45) is 5.41 Å². The molecule has 5 heteroatoms. The van der Waals surface area contributed by atoms with E-state index in [9.17, 15) is 4.79 Å². The lowest BCUT2D eigenvalue weighted by Crippen LogP contribution is -2.41. The molecule has 1 rings (SSSR count). The number of aryl methyl sites for hydroxylation is 1. The summed E-state index contributed by atoms with van der Waals surface area (Å²) in [6, 6.07) is 5.81. The lowest BCUT2D eigenvalue weighted by Gasteiger charge is -2.19. The molecule has 3 nitrogen and oxygen atoms in total. The maximum absolute atomic E-state index is 11.8. The molecule has 18 heavy (non-hydrogen) atoms. The molecule has 0 atom stereocenters. The van der Waals surface area contributed by atoms with E-state index in [1.165, 1.54) is 0 Å². The molecular weight excluding hydrogens is 312 g/mol. The zero-order chi connectivity index (χ0) is 13.9. The Kier molecular flexibility index (Phi) is 4.87. The highest BCUT2D eigenvalue weighted by atomic mass is 79.9. The number of anilines is 1. The van der Waals surface area contributed by atoms with E-state index in [1.54, 1.807) is 0 Å². The van der Waals surface area contributed by atoms with Crippen molar-refractivity contribution in [1.82, 2.24) is 5.32 Å². The molecule has 0 saturated heterocycles. The lowest BCUT2D eigenvalue weighted by molar-refractivity contribution is -0.126. The molecule has 0 heterocycles. The van der Waals surface area contributed by atoms with Gasteiger partial charge in [0.1, 0.15) is 0 Å². The van der Waals surface area contributed by atoms with Crippen molar-refractivity contribution in [3.05, 3.63) is 28.2 Å². The van der Waals surface area contributed by atoms with Crippen LogP contribution in [-0.2, 0) is 4.79 Å². The average molecular weight is 329 g/mol. The Labute approximate surface area is 121 Å². The smallest absolute Gasteiger partial charge is 0.231 e. The summed E-state index contributed by atoms with van der Waals surface area (Å²) in [6.45, 7) is 7.50. The fourth-order valence-corrected chi connectivity index (χ4v) is 1.89. The zero-order valence-electron chi connectivity index (χ0n) is 10.9. The minimum atomic E-state index is -0.458. The quantitative estimate of drug-likeness (QED) is 0.773. The molecule has 0 aliphatic carbocycles. The van der Waals surface area contributed by atoms with Crippen molar-refractivity contribution in [3.8, 4) is 0 Å². The molecule has 1 amide bonds. The lowest BCUT2D eigenvalue weighted by atomic mass is 9.96. The predicted molar refractivity (Wildman–Crippen MR) is 82.7 cm³/mol. The van der Waals surface area contributed by atoms with Crippen LogP contribution in [0.2, 0.25) is 0 Å². The van der Waals surface area contributed by atoms with Crippen molar-refractivity contribution in [3.63, 3.8) is 0 Å². The summed E-state index contributed by atoms with van der Waals surface area (Å²) >= 11 is 8.52. The highest BCUT2D eigenvalue weighted by Crippen LogP contribution is 2.20. The molecule has 0 bridgehead atoms. The van der Waals surface area contributed by atoms with Crippen LogP contribution in [0.1, 0.15) is 26.3 Å². The SMILES string of the molecule is Cc1cc(Br)ccc1NC(=S)NC(=O)C(C)(C)C. The predicted octanol–water partition coefficient (Wildman–Crippen LogP) is 3.62. The van der Waals surface area contributed by atoms with Gasteiger partial charge in [0.2, 0.25) is 5.91 Å². The molecule has 2 N–H and O–H groups in total. The summed E-state index contributed by atoms with van der Waals surface area (Å²) in [4.78, 5) is 11.8. The number of nitrogens with one attached hydrogen (secondary N) is 2. The number of carbonyl (C=O) groups is 1. The standard InChI is InChI=1S/C13H17BrN2OS/c1-8-7-9(14)5-6-10(8)15-12(18)16-11(17)13(2,3)4/h5-7H,1-4H3,(H2,15,16,17,18). The van der Waals surface area contributed by atoms with E-state index in [0.717, 1.165) is 15.7 Å². The van der Waals surface area contributed by atoms with Crippen LogP contribution in [0.3, 0.4) is 0 Å². The molecule has 0 saturated carbocycles. The zero-order valence-corrected chi connectivity index (χ0v) is 13.3. The van der Waals surface area contributed by atoms with Gasteiger partial charge >= 0.3 is 0 Å². The van der Waals surface area contributed by atoms with Gasteiger partial charge in [0.25, 0.3) is 0 Å². The highest BCUT2D eigenvalue weighted by molar-refractivity contribution is 9.10. The fourth-order valence-electron chi connectivity index (χ4n) is 1.21. The first-order valence-corrected chi connectivity index (χ1v) is 6.79. The summed E-state index contributed by atoms with van der Waals surface area (Å²) in [5.41, 5.74) is 1.48. The molecule has 0 radical (unpaired) electrons. The molecule has 1 aromatic rings. The number of thiocarbonyl (C=S) groups is 1. The largest absolute Gasteiger partial charge is 0.332 e. The molecule has 0 aliphatic heterocycles. The van der Waals surface area contributed by atoms with E-state index in [1.807, 2.05) is 45.9 Å². The number of rotatable bonds is 1. The highest BCUT2D eigenvalue weighted by Gasteiger charge is 2.22. The summed E-state index contributed by atoms with van der Waals surface area (Å²) in [7, 11) is 0. The summed E-state index contributed by atoms with van der Waals surface area (Å²) in [5, 5.41) is 6.02. The summed E-state index contributed by atoms with van der Waals surface area (Å²) in [6.07, 6.45) is 0. The van der Waals surface area contributed by atoms with E-state index in [0.29, 0.717) is 5.11 Å². The third-order valence-electron chi connectivity index (χ3n) is 2.34. The van der Waals surface area contributed by atoms with Crippen LogP contribution in [0.4, 0.5) is 5.69 Å². The Morgan fingerprint density at radius 2 is 1.94 bits per heavy atom. The molecular formula is C13H17BrN2OS. The first kappa shape index (κ1) is 15.1. The summed E-state index contributed by atoms with van der Waals surface area (Å²) in [5.74, 6) is -0.102. The number of benzene rings is 1. The second-order valence-electron chi connectivity index (χ2n) is 5.12. The maximum Gasteiger partial charge on any atom is 0.231 e. The number of carbonyl (C=O) groups excluding carboxylic acids is 1. The van der Waals surface area contributed by atoms with Gasteiger partial charge < -0.3 is 10.6 Å². The van der Waals surface area contributed by atoms with E-state index in [4.69, 9.17) is 12.2 Å². The van der Waals surface area contributed by atoms with Crippen molar-refractivity contribution in [2.45, 2.75) is 27.7 Å². The van der Waals surface area contributed by atoms with E-state index in [-0.39, 0.29) is 5.91 Å². The fraction of sp³-hybridized carbons (Fsp3) is 0.385. The van der Waals surface area contributed by atoms with Crippen LogP contribution < -0.4 is 10.6 Å². The van der Waals surface area contributed by atoms with Gasteiger partial charge in [-0.25, -0.2) is 0 Å². The van der Waals surface area contributed by atoms with E-state index >= 15 is 0 Å². The Bertz CT molecular complexity index is 480. The van der Waals surface area contributed by atoms with E-state index < -0.39 is 5.41 Å². The monoisotopic (exact) mass is 328 g/mol. The topological polar surface area (TPSA) is 41.1 Å². The van der Waals surface area contributed by atoms with Gasteiger partial charge in [-0.1, -0.05) is 36.7 Å². The molecule has 0 unspecified atom stereocenters. The van der Waals surface area contributed by atoms with Gasteiger partial charge in [-0.3, -0.25) is 4.79 Å². The third kappa shape index (κ3) is 4.38. The van der Waals surface area contributed by atoms with Crippen LogP contribution in [0.25, 0.3) is 0 Å². The maximum atomic E-state index is 11.8. The van der Waals surface area contributed by atoms with Crippen molar-refractivity contribution in [1.29, 1.82) is 0 Å². The molecule has 0 aromatic heterocycles. The molecule has 0 spiro atoms. The third-order valence-corrected chi connectivity index (χ3v) is 3.04. The van der Waals surface area contributed by atoms with Crippen LogP contribution in [0.15, 0.2) is 22.7 Å². The first-order chi connectivity index (χ1) is 8.20. The second-order valence-corrected chi connectivity index (χ2v) is 6.44. The molecule has 98 valence electrons. The van der Waals surface area contributed by atoms with Crippen LogP contribution in [-0.4, -0.2) is 11.0 Å². The Balaban J connectivity index is 2.68. The van der Waals surface area contributed by atoms with Crippen LogP contribution in [0.5, 0.6) is 0 Å². The van der Waals surface area contributed by atoms with Crippen molar-refractivity contribution >= 4 is 44.9 Å². The first-order valence-electron chi connectivity index (χ1n) is 5.59. The Morgan fingerprint density at radius 1 is 1.33 bits per heavy atom. The van der Waals surface area contributed by atoms with Gasteiger partial charge in [-0.2, -0.15) is 0 Å². The number of hydrogen-bond donors (Lipinski definition) is 2. The molecule has 0 aliphatic rings. The summed E-state index contributed by atoms with van der Waals surface area (Å²) < 4.78 is 1.01. The van der Waals surface area contributed by atoms with Gasteiger partial charge in [0.15, 0.2) is 5.11 Å². The van der Waals surface area contributed by atoms with Gasteiger partial charge in [0.05, 0.1) is 0 Å². The number of halogens is 1. The minimum Gasteiger partial charge on any atom is -0.332 e. The number of amides is 1. The van der Waals surface area contributed by atoms with Gasteiger partial charge in [-0.15, -0.1) is 0 Å². The van der Waals surface area contributed by atoms with Gasteiger partial charge in [-0.05, 0) is 42.9 Å².